The Morgan fingerprint density at radius 2 is 2.03 bits per heavy atom. The topological polar surface area (TPSA) is 119 Å². The molecule has 9 nitrogen and oxygen atoms in total. The second kappa shape index (κ2) is 9.24. The van der Waals surface area contributed by atoms with E-state index in [0.29, 0.717) is 34.9 Å². The fourth-order valence-corrected chi connectivity index (χ4v) is 4.90. The zero-order valence-corrected chi connectivity index (χ0v) is 20.9. The molecule has 1 saturated carbocycles. The number of aromatic nitrogens is 3. The van der Waals surface area contributed by atoms with Crippen molar-refractivity contribution >= 4 is 38.8 Å². The van der Waals surface area contributed by atoms with E-state index >= 15 is 0 Å². The fraction of sp³-hybridized carbons (Fsp3) is 0.360. The van der Waals surface area contributed by atoms with Crippen molar-refractivity contribution in [1.82, 2.24) is 19.9 Å². The van der Waals surface area contributed by atoms with Crippen molar-refractivity contribution in [2.24, 2.45) is 4.36 Å². The molecule has 1 fully saturated rings. The van der Waals surface area contributed by atoms with E-state index in [1.54, 1.807) is 30.7 Å². The van der Waals surface area contributed by atoms with Crippen molar-refractivity contribution in [2.75, 3.05) is 36.7 Å². The van der Waals surface area contributed by atoms with Gasteiger partial charge >= 0.3 is 0 Å². The van der Waals surface area contributed by atoms with Crippen LogP contribution in [0.2, 0.25) is 0 Å². The van der Waals surface area contributed by atoms with Gasteiger partial charge < -0.3 is 15.5 Å². The van der Waals surface area contributed by atoms with E-state index in [9.17, 15) is 9.47 Å². The maximum absolute atomic E-state index is 12.0. The molecule has 2 N–H and O–H groups in total. The summed E-state index contributed by atoms with van der Waals surface area (Å²) < 4.78 is 16.2. The predicted octanol–water partition coefficient (Wildman–Crippen LogP) is 4.45. The quantitative estimate of drug-likeness (QED) is 0.522. The summed E-state index contributed by atoms with van der Waals surface area (Å²) >= 11 is 0. The van der Waals surface area contributed by atoms with Gasteiger partial charge in [-0.05, 0) is 73.2 Å². The molecule has 0 spiro atoms. The van der Waals surface area contributed by atoms with Crippen LogP contribution in [0.1, 0.15) is 41.0 Å². The van der Waals surface area contributed by atoms with Crippen LogP contribution < -0.4 is 10.6 Å². The molecule has 2 aromatic heterocycles. The summed E-state index contributed by atoms with van der Waals surface area (Å²) in [6.45, 7) is 2.02. The molecule has 0 saturated heterocycles. The second-order valence-electron chi connectivity index (χ2n) is 9.44. The number of benzene rings is 1. The largest absolute Gasteiger partial charge is 0.324 e. The highest BCUT2D eigenvalue weighted by Gasteiger charge is 2.29. The van der Waals surface area contributed by atoms with Gasteiger partial charge in [-0.25, -0.2) is 14.2 Å². The fourth-order valence-electron chi connectivity index (χ4n) is 4.34. The molecule has 3 aromatic rings. The van der Waals surface area contributed by atoms with Gasteiger partial charge in [0, 0.05) is 41.0 Å². The maximum Gasteiger partial charge on any atom is 0.229 e. The highest BCUT2D eigenvalue weighted by molar-refractivity contribution is 7.92. The first-order valence-electron chi connectivity index (χ1n) is 11.6. The minimum absolute atomic E-state index is 0.292. The van der Waals surface area contributed by atoms with Crippen molar-refractivity contribution in [2.45, 2.75) is 31.7 Å². The van der Waals surface area contributed by atoms with Crippen LogP contribution in [0.3, 0.4) is 0 Å². The average molecular weight is 489 g/mol. The van der Waals surface area contributed by atoms with Crippen LogP contribution in [0, 0.1) is 11.3 Å². The van der Waals surface area contributed by atoms with E-state index in [0.717, 1.165) is 25.2 Å². The third-order valence-corrected chi connectivity index (χ3v) is 6.66. The Bertz CT molecular complexity index is 1440. The van der Waals surface area contributed by atoms with Crippen molar-refractivity contribution in [1.29, 1.82) is 5.26 Å². The van der Waals surface area contributed by atoms with Gasteiger partial charge in [-0.3, -0.25) is 0 Å². The van der Waals surface area contributed by atoms with E-state index in [1.165, 1.54) is 35.7 Å². The molecule has 5 rings (SSSR count). The SMILES string of the molecule is CN1CCc2c(cc(Nc3ncc(C#N)c(Nc4cccc(N=S(C)(C)=O)n4)n3)cc2C2CC2)C1. The molecule has 1 aromatic carbocycles. The lowest BCUT2D eigenvalue weighted by Gasteiger charge is -2.28. The minimum atomic E-state index is -2.34. The molecular formula is C25H28N8OS. The number of hydrogen-bond acceptors (Lipinski definition) is 9. The monoisotopic (exact) mass is 488 g/mol. The van der Waals surface area contributed by atoms with Crippen molar-refractivity contribution in [3.8, 4) is 6.07 Å². The Morgan fingerprint density at radius 1 is 1.20 bits per heavy atom. The highest BCUT2D eigenvalue weighted by atomic mass is 32.2. The summed E-state index contributed by atoms with van der Waals surface area (Å²) in [6.07, 6.45) is 8.18. The molecule has 0 radical (unpaired) electrons. The number of nitrogens with zero attached hydrogens (tertiary/aromatic N) is 6. The molecule has 2 aliphatic rings. The molecule has 0 unspecified atom stereocenters. The Hall–Kier alpha value is -3.55. The smallest absolute Gasteiger partial charge is 0.229 e. The van der Waals surface area contributed by atoms with Crippen molar-refractivity contribution in [3.05, 3.63) is 58.8 Å². The van der Waals surface area contributed by atoms with E-state index in [1.807, 2.05) is 0 Å². The van der Waals surface area contributed by atoms with Gasteiger partial charge in [-0.1, -0.05) is 6.07 Å². The first kappa shape index (κ1) is 23.2. The highest BCUT2D eigenvalue weighted by Crippen LogP contribution is 2.44. The molecular weight excluding hydrogens is 460 g/mol. The number of pyridine rings is 1. The van der Waals surface area contributed by atoms with Crippen LogP contribution in [-0.2, 0) is 22.7 Å². The van der Waals surface area contributed by atoms with Gasteiger partial charge in [0.1, 0.15) is 17.5 Å². The Kier molecular flexibility index (Phi) is 6.13. The molecule has 0 bridgehead atoms. The van der Waals surface area contributed by atoms with Gasteiger partial charge in [0.25, 0.3) is 0 Å². The standard InChI is InChI=1S/C25H28N8OS/c1-33-10-9-20-17(15-33)11-19(12-21(20)16-7-8-16)28-25-27-14-18(13-26)24(31-25)30-22-5-4-6-23(29-22)32-35(2,3)34/h4-6,11-12,14,16H,7-10,15H2,1-3H3,(H2,27,28,29,30,31). The van der Waals surface area contributed by atoms with Crippen LogP contribution in [0.25, 0.3) is 0 Å². The predicted molar refractivity (Wildman–Crippen MR) is 138 cm³/mol. The second-order valence-corrected chi connectivity index (χ2v) is 12.0. The Labute approximate surface area is 205 Å². The van der Waals surface area contributed by atoms with E-state index in [2.05, 4.69) is 60.1 Å². The lowest BCUT2D eigenvalue weighted by molar-refractivity contribution is 0.312. The van der Waals surface area contributed by atoms with Gasteiger partial charge in [-0.15, -0.1) is 0 Å². The number of anilines is 4. The zero-order valence-electron chi connectivity index (χ0n) is 20.1. The van der Waals surface area contributed by atoms with Gasteiger partial charge in [-0.2, -0.15) is 14.6 Å². The van der Waals surface area contributed by atoms with Crippen LogP contribution >= 0.6 is 0 Å². The van der Waals surface area contributed by atoms with E-state index in [-0.39, 0.29) is 0 Å². The third-order valence-electron chi connectivity index (χ3n) is 6.04. The maximum atomic E-state index is 12.0. The van der Waals surface area contributed by atoms with Crippen LogP contribution in [0.5, 0.6) is 0 Å². The van der Waals surface area contributed by atoms with Crippen LogP contribution in [0.4, 0.5) is 29.1 Å². The number of nitrogens with one attached hydrogen (secondary N) is 2. The van der Waals surface area contributed by atoms with Crippen LogP contribution in [-0.4, -0.2) is 50.2 Å². The molecule has 0 atom stereocenters. The van der Waals surface area contributed by atoms with E-state index in [4.69, 9.17) is 0 Å². The Morgan fingerprint density at radius 3 is 2.77 bits per heavy atom. The summed E-state index contributed by atoms with van der Waals surface area (Å²) in [6, 6.07) is 11.7. The number of nitriles is 1. The summed E-state index contributed by atoms with van der Waals surface area (Å²) in [4.78, 5) is 15.6. The van der Waals surface area contributed by atoms with Gasteiger partial charge in [0.2, 0.25) is 5.95 Å². The zero-order chi connectivity index (χ0) is 24.6. The number of fused-ring (bicyclic) bond motifs is 1. The molecule has 1 aliphatic heterocycles. The molecule has 180 valence electrons. The van der Waals surface area contributed by atoms with Crippen molar-refractivity contribution < 1.29 is 4.21 Å². The first-order valence-corrected chi connectivity index (χ1v) is 13.9. The van der Waals surface area contributed by atoms with E-state index < -0.39 is 9.73 Å². The summed E-state index contributed by atoms with van der Waals surface area (Å²) in [5, 5.41) is 16.0. The van der Waals surface area contributed by atoms with Gasteiger partial charge in [0.15, 0.2) is 11.6 Å². The molecule has 1 aliphatic carbocycles. The molecule has 3 heterocycles. The minimum Gasteiger partial charge on any atom is -0.324 e. The molecule has 35 heavy (non-hydrogen) atoms. The molecule has 10 heteroatoms. The number of hydrogen-bond donors (Lipinski definition) is 2. The summed E-state index contributed by atoms with van der Waals surface area (Å²) in [5.74, 6) is 2.18. The third kappa shape index (κ3) is 5.58. The normalized spacial score (nSPS) is 15.7. The van der Waals surface area contributed by atoms with Crippen molar-refractivity contribution in [3.63, 3.8) is 0 Å². The number of likely N-dealkylation sites (N-methyl/N-ethyl adjacent to an activating group) is 1. The van der Waals surface area contributed by atoms with Gasteiger partial charge in [0.05, 0.1) is 6.20 Å². The van der Waals surface area contributed by atoms with Crippen LogP contribution in [0.15, 0.2) is 40.9 Å². The number of rotatable bonds is 6. The summed E-state index contributed by atoms with van der Waals surface area (Å²) in [7, 11) is -0.193. The summed E-state index contributed by atoms with van der Waals surface area (Å²) in [5.41, 5.74) is 5.54. The lowest BCUT2D eigenvalue weighted by atomic mass is 9.91. The average Bonchev–Trinajstić information content (AvgIpc) is 3.63. The Balaban J connectivity index is 1.44. The first-order chi connectivity index (χ1) is 16.8. The lowest BCUT2D eigenvalue weighted by Crippen LogP contribution is -2.27. The molecule has 0 amide bonds.